The molecule has 7 heteroatoms. The molecule has 0 spiro atoms. The number of aliphatic carboxylic acids is 1. The van der Waals surface area contributed by atoms with E-state index in [2.05, 4.69) is 10.5 Å². The second-order valence-electron chi connectivity index (χ2n) is 6.00. The Labute approximate surface area is 165 Å². The molecule has 0 aliphatic rings. The van der Waals surface area contributed by atoms with Gasteiger partial charge in [-0.25, -0.2) is 5.43 Å². The number of hydrazone groups is 1. The number of aryl methyl sites for hydroxylation is 1. The average Bonchev–Trinajstić information content (AvgIpc) is 2.98. The van der Waals surface area contributed by atoms with Gasteiger partial charge in [-0.2, -0.15) is 5.10 Å². The number of rotatable bonds is 6. The van der Waals surface area contributed by atoms with Crippen molar-refractivity contribution in [1.29, 1.82) is 0 Å². The number of thiophene rings is 1. The van der Waals surface area contributed by atoms with Crippen molar-refractivity contribution in [3.05, 3.63) is 69.6 Å². The van der Waals surface area contributed by atoms with Gasteiger partial charge < -0.3 is 5.11 Å². The van der Waals surface area contributed by atoms with Crippen molar-refractivity contribution < 1.29 is 14.7 Å². The minimum absolute atomic E-state index is 0.0769. The first kappa shape index (κ1) is 19.1. The normalized spacial score (nSPS) is 11.6. The van der Waals surface area contributed by atoms with Gasteiger partial charge in [0.25, 0.3) is 5.91 Å². The number of carboxylic acids is 1. The van der Waals surface area contributed by atoms with E-state index in [0.29, 0.717) is 15.6 Å². The number of fused-ring (bicyclic) bond motifs is 1. The molecule has 0 aliphatic heterocycles. The smallest absolute Gasteiger partial charge is 0.303 e. The van der Waals surface area contributed by atoms with Gasteiger partial charge in [0.15, 0.2) is 0 Å². The Morgan fingerprint density at radius 3 is 2.59 bits per heavy atom. The molecular weight excluding hydrogens is 384 g/mol. The number of hydrogen-bond donors (Lipinski definition) is 2. The summed E-state index contributed by atoms with van der Waals surface area (Å²) in [6.45, 7) is 1.98. The van der Waals surface area contributed by atoms with E-state index in [1.54, 1.807) is 0 Å². The highest BCUT2D eigenvalue weighted by molar-refractivity contribution is 7.21. The molecule has 3 aromatic rings. The van der Waals surface area contributed by atoms with Gasteiger partial charge in [-0.1, -0.05) is 54.1 Å². The number of carbonyl (C=O) groups excluding carboxylic acids is 1. The summed E-state index contributed by atoms with van der Waals surface area (Å²) in [7, 11) is 0. The third kappa shape index (κ3) is 4.53. The summed E-state index contributed by atoms with van der Waals surface area (Å²) >= 11 is 7.67. The Balaban J connectivity index is 1.86. The molecule has 1 heterocycles. The highest BCUT2D eigenvalue weighted by Crippen LogP contribution is 2.35. The molecule has 0 saturated carbocycles. The molecule has 138 valence electrons. The summed E-state index contributed by atoms with van der Waals surface area (Å²) in [5.74, 6) is -1.34. The minimum atomic E-state index is -0.923. The molecule has 1 aromatic heterocycles. The van der Waals surface area contributed by atoms with Crippen molar-refractivity contribution in [2.45, 2.75) is 19.8 Å². The Morgan fingerprint density at radius 1 is 1.15 bits per heavy atom. The first-order valence-electron chi connectivity index (χ1n) is 8.28. The van der Waals surface area contributed by atoms with Crippen molar-refractivity contribution in [3.63, 3.8) is 0 Å². The van der Waals surface area contributed by atoms with Crippen LogP contribution < -0.4 is 5.43 Å². The van der Waals surface area contributed by atoms with Crippen LogP contribution in [0.5, 0.6) is 0 Å². The van der Waals surface area contributed by atoms with Crippen LogP contribution in [-0.2, 0) is 4.79 Å². The summed E-state index contributed by atoms with van der Waals surface area (Å²) in [5, 5.41) is 14.3. The Morgan fingerprint density at radius 2 is 1.89 bits per heavy atom. The number of halogens is 1. The number of nitrogens with zero attached hydrogens (tertiary/aromatic N) is 1. The Kier molecular flexibility index (Phi) is 5.88. The van der Waals surface area contributed by atoms with E-state index in [1.807, 2.05) is 55.5 Å². The maximum absolute atomic E-state index is 12.6. The molecule has 2 N–H and O–H groups in total. The van der Waals surface area contributed by atoms with Crippen molar-refractivity contribution in [3.8, 4) is 0 Å². The predicted octanol–water partition coefficient (Wildman–Crippen LogP) is 4.86. The van der Waals surface area contributed by atoms with Crippen molar-refractivity contribution in [2.75, 3.05) is 0 Å². The third-order valence-electron chi connectivity index (χ3n) is 3.97. The number of carboxylic acid groups (broad SMARTS) is 1. The van der Waals surface area contributed by atoms with E-state index in [0.717, 1.165) is 21.2 Å². The fraction of sp³-hybridized carbons (Fsp3) is 0.150. The molecule has 0 saturated heterocycles. The lowest BCUT2D eigenvalue weighted by Crippen LogP contribution is -2.20. The van der Waals surface area contributed by atoms with E-state index < -0.39 is 11.9 Å². The maximum atomic E-state index is 12.6. The number of nitrogens with one attached hydrogen (secondary N) is 1. The van der Waals surface area contributed by atoms with Crippen LogP contribution in [-0.4, -0.2) is 22.7 Å². The quantitative estimate of drug-likeness (QED) is 0.458. The zero-order valence-electron chi connectivity index (χ0n) is 14.5. The van der Waals surface area contributed by atoms with Crippen LogP contribution in [0.25, 0.3) is 10.1 Å². The zero-order chi connectivity index (χ0) is 19.4. The Hall–Kier alpha value is -2.70. The first-order valence-corrected chi connectivity index (χ1v) is 9.48. The van der Waals surface area contributed by atoms with Crippen molar-refractivity contribution in [1.82, 2.24) is 5.43 Å². The van der Waals surface area contributed by atoms with Gasteiger partial charge in [-0.05, 0) is 24.1 Å². The van der Waals surface area contributed by atoms with Gasteiger partial charge in [0.1, 0.15) is 4.88 Å². The molecule has 3 rings (SSSR count). The number of benzene rings is 2. The summed E-state index contributed by atoms with van der Waals surface area (Å²) in [4.78, 5) is 23.9. The molecular formula is C20H17ClN2O3S. The molecule has 2 aromatic carbocycles. The van der Waals surface area contributed by atoms with Gasteiger partial charge in [-0.3, -0.25) is 9.59 Å². The van der Waals surface area contributed by atoms with Crippen molar-refractivity contribution >= 4 is 50.6 Å². The van der Waals surface area contributed by atoms with Gasteiger partial charge in [0.2, 0.25) is 0 Å². The molecule has 0 radical (unpaired) electrons. The lowest BCUT2D eigenvalue weighted by molar-refractivity contribution is -0.136. The average molecular weight is 401 g/mol. The highest BCUT2D eigenvalue weighted by atomic mass is 35.5. The van der Waals surface area contributed by atoms with Gasteiger partial charge in [0, 0.05) is 16.5 Å². The third-order valence-corrected chi connectivity index (χ3v) is 5.62. The van der Waals surface area contributed by atoms with Gasteiger partial charge in [0.05, 0.1) is 17.2 Å². The van der Waals surface area contributed by atoms with E-state index in [4.69, 9.17) is 16.7 Å². The zero-order valence-corrected chi connectivity index (χ0v) is 16.1. The topological polar surface area (TPSA) is 78.8 Å². The maximum Gasteiger partial charge on any atom is 0.303 e. The standard InChI is InChI=1S/C20H17ClN2O3S/c1-12-7-8-14-16(11-12)27-19(18(14)21)20(26)23-22-15(9-10-17(24)25)13-5-3-2-4-6-13/h2-8,11H,9-10H2,1H3,(H,23,26)(H,24,25)/b22-15+. The number of amides is 1. The van der Waals surface area contributed by atoms with E-state index in [-0.39, 0.29) is 12.8 Å². The molecule has 0 aliphatic carbocycles. The molecule has 5 nitrogen and oxygen atoms in total. The second-order valence-corrected chi connectivity index (χ2v) is 7.43. The Bertz CT molecular complexity index is 1030. The van der Waals surface area contributed by atoms with E-state index in [1.165, 1.54) is 11.3 Å². The second kappa shape index (κ2) is 8.33. The predicted molar refractivity (Wildman–Crippen MR) is 109 cm³/mol. The van der Waals surface area contributed by atoms with Crippen LogP contribution in [0.2, 0.25) is 5.02 Å². The molecule has 27 heavy (non-hydrogen) atoms. The molecule has 1 amide bonds. The van der Waals surface area contributed by atoms with Crippen LogP contribution in [0, 0.1) is 6.92 Å². The fourth-order valence-electron chi connectivity index (χ4n) is 2.61. The summed E-state index contributed by atoms with van der Waals surface area (Å²) in [6.07, 6.45) is 0.130. The summed E-state index contributed by atoms with van der Waals surface area (Å²) in [5.41, 5.74) is 4.87. The van der Waals surface area contributed by atoms with Crippen LogP contribution in [0.4, 0.5) is 0 Å². The molecule has 0 bridgehead atoms. The van der Waals surface area contributed by atoms with Gasteiger partial charge >= 0.3 is 5.97 Å². The lowest BCUT2D eigenvalue weighted by atomic mass is 10.1. The largest absolute Gasteiger partial charge is 0.481 e. The minimum Gasteiger partial charge on any atom is -0.481 e. The SMILES string of the molecule is Cc1ccc2c(Cl)c(C(=O)N/N=C(\CCC(=O)O)c3ccccc3)sc2c1. The van der Waals surface area contributed by atoms with Crippen LogP contribution >= 0.6 is 22.9 Å². The molecule has 0 unspecified atom stereocenters. The monoisotopic (exact) mass is 400 g/mol. The van der Waals surface area contributed by atoms with Crippen LogP contribution in [0.15, 0.2) is 53.6 Å². The van der Waals surface area contributed by atoms with Crippen molar-refractivity contribution in [2.24, 2.45) is 5.10 Å². The molecule has 0 fully saturated rings. The van der Waals surface area contributed by atoms with E-state index >= 15 is 0 Å². The van der Waals surface area contributed by atoms with Crippen LogP contribution in [0.3, 0.4) is 0 Å². The van der Waals surface area contributed by atoms with Crippen LogP contribution in [0.1, 0.15) is 33.6 Å². The highest BCUT2D eigenvalue weighted by Gasteiger charge is 2.17. The van der Waals surface area contributed by atoms with E-state index in [9.17, 15) is 9.59 Å². The molecule has 0 atom stereocenters. The van der Waals surface area contributed by atoms with Gasteiger partial charge in [-0.15, -0.1) is 11.3 Å². The lowest BCUT2D eigenvalue weighted by Gasteiger charge is -2.06. The summed E-state index contributed by atoms with van der Waals surface area (Å²) < 4.78 is 0.934. The fourth-order valence-corrected chi connectivity index (χ4v) is 4.11. The number of carbonyl (C=O) groups is 2. The summed E-state index contributed by atoms with van der Waals surface area (Å²) in [6, 6.07) is 15.0. The number of hydrogen-bond acceptors (Lipinski definition) is 4. The first-order chi connectivity index (χ1) is 13.0.